The summed E-state index contributed by atoms with van der Waals surface area (Å²) in [4.78, 5) is 22.9. The van der Waals surface area contributed by atoms with E-state index in [0.717, 1.165) is 43.3 Å². The van der Waals surface area contributed by atoms with Crippen LogP contribution in [0.4, 0.5) is 9.18 Å². The average molecular weight is 433 g/mol. The normalized spacial score (nSPS) is 25.3. The van der Waals surface area contributed by atoms with E-state index in [0.29, 0.717) is 17.8 Å². The summed E-state index contributed by atoms with van der Waals surface area (Å²) in [5.74, 6) is -0.366. The summed E-state index contributed by atoms with van der Waals surface area (Å²) < 4.78 is 21.6. The zero-order chi connectivity index (χ0) is 22.3. The van der Waals surface area contributed by atoms with Crippen molar-refractivity contribution in [2.45, 2.75) is 51.3 Å². The van der Waals surface area contributed by atoms with Gasteiger partial charge < -0.3 is 9.30 Å². The first-order valence-corrected chi connectivity index (χ1v) is 10.8. The molecule has 0 unspecified atom stereocenters. The third-order valence-electron chi connectivity index (χ3n) is 6.64. The minimum Gasteiger partial charge on any atom is -0.441 e. The minimum absolute atomic E-state index is 0.0953. The van der Waals surface area contributed by atoms with Gasteiger partial charge in [-0.25, -0.2) is 14.2 Å². The second-order valence-corrected chi connectivity index (χ2v) is 9.40. The van der Waals surface area contributed by atoms with Crippen LogP contribution in [0.5, 0.6) is 0 Å². The lowest BCUT2D eigenvalue weighted by Gasteiger charge is -2.43. The van der Waals surface area contributed by atoms with Crippen molar-refractivity contribution in [1.82, 2.24) is 19.4 Å². The molecule has 1 spiro atoms. The van der Waals surface area contributed by atoms with Gasteiger partial charge in [0.25, 0.3) is 0 Å². The highest BCUT2D eigenvalue weighted by molar-refractivity contribution is 5.77. The number of fused-ring (bicyclic) bond motifs is 1. The van der Waals surface area contributed by atoms with E-state index in [1.54, 1.807) is 11.0 Å². The maximum absolute atomic E-state index is 13.5. The Kier molecular flexibility index (Phi) is 4.85. The standard InChI is InChI=1S/C24H24FN5O2/c1-23(14-30-16-28-20-4-3-17(11-26)9-21(20)30)6-2-7-24(13-23)15-29(22(31)32-24)12-19-10-18(25)5-8-27-19/h3-5,8-10,16H,2,6-7,12-15H2,1H3/t23-,24-/m0/s1. The molecule has 2 fully saturated rings. The van der Waals surface area contributed by atoms with Crippen LogP contribution in [0.1, 0.15) is 43.9 Å². The number of imidazole rings is 1. The molecule has 0 radical (unpaired) electrons. The van der Waals surface area contributed by atoms with Crippen LogP contribution in [-0.2, 0) is 17.8 Å². The van der Waals surface area contributed by atoms with Gasteiger partial charge in [0, 0.05) is 12.7 Å². The lowest BCUT2D eigenvalue weighted by Crippen LogP contribution is -2.44. The first-order valence-electron chi connectivity index (χ1n) is 10.8. The van der Waals surface area contributed by atoms with Crippen molar-refractivity contribution in [3.8, 4) is 6.07 Å². The Hall–Kier alpha value is -3.47. The highest BCUT2D eigenvalue weighted by Crippen LogP contribution is 2.47. The number of hydrogen-bond donors (Lipinski definition) is 0. The van der Waals surface area contributed by atoms with Crippen molar-refractivity contribution in [3.05, 3.63) is 59.9 Å². The van der Waals surface area contributed by atoms with Crippen LogP contribution >= 0.6 is 0 Å². The van der Waals surface area contributed by atoms with E-state index in [4.69, 9.17) is 4.74 Å². The number of nitrogens with zero attached hydrogens (tertiary/aromatic N) is 5. The molecule has 32 heavy (non-hydrogen) atoms. The second kappa shape index (κ2) is 7.59. The molecule has 1 saturated carbocycles. The number of nitriles is 1. The molecule has 3 aromatic rings. The molecule has 3 heterocycles. The van der Waals surface area contributed by atoms with Gasteiger partial charge >= 0.3 is 6.09 Å². The van der Waals surface area contributed by atoms with Gasteiger partial charge in [-0.2, -0.15) is 5.26 Å². The Bertz CT molecular complexity index is 1230. The lowest BCUT2D eigenvalue weighted by molar-refractivity contribution is -0.0270. The Balaban J connectivity index is 1.35. The van der Waals surface area contributed by atoms with Crippen LogP contribution in [0, 0.1) is 22.6 Å². The molecule has 1 aliphatic heterocycles. The van der Waals surface area contributed by atoms with Crippen LogP contribution in [0.2, 0.25) is 0 Å². The Labute approximate surface area is 185 Å². The van der Waals surface area contributed by atoms with Gasteiger partial charge in [0.15, 0.2) is 0 Å². The average Bonchev–Trinajstić information content (AvgIpc) is 3.27. The third kappa shape index (κ3) is 3.79. The van der Waals surface area contributed by atoms with Gasteiger partial charge in [0.2, 0.25) is 0 Å². The van der Waals surface area contributed by atoms with Gasteiger partial charge in [-0.15, -0.1) is 0 Å². The molecule has 7 nitrogen and oxygen atoms in total. The fourth-order valence-electron chi connectivity index (χ4n) is 5.36. The number of halogens is 1. The monoisotopic (exact) mass is 433 g/mol. The predicted molar refractivity (Wildman–Crippen MR) is 115 cm³/mol. The van der Waals surface area contributed by atoms with Gasteiger partial charge in [-0.05, 0) is 61.4 Å². The van der Waals surface area contributed by atoms with E-state index < -0.39 is 5.60 Å². The van der Waals surface area contributed by atoms with E-state index in [1.165, 1.54) is 18.3 Å². The molecule has 1 aromatic carbocycles. The van der Waals surface area contributed by atoms with Crippen LogP contribution in [0.3, 0.4) is 0 Å². The summed E-state index contributed by atoms with van der Waals surface area (Å²) in [5.41, 5.74) is 2.27. The fraction of sp³-hybridized carbons (Fsp3) is 0.417. The van der Waals surface area contributed by atoms with Crippen molar-refractivity contribution >= 4 is 17.1 Å². The van der Waals surface area contributed by atoms with E-state index in [1.807, 2.05) is 18.5 Å². The summed E-state index contributed by atoms with van der Waals surface area (Å²) in [6.45, 7) is 3.66. The molecule has 1 saturated heterocycles. The largest absolute Gasteiger partial charge is 0.441 e. The van der Waals surface area contributed by atoms with Crippen LogP contribution < -0.4 is 0 Å². The summed E-state index contributed by atoms with van der Waals surface area (Å²) in [5, 5.41) is 9.25. The Morgan fingerprint density at radius 2 is 2.12 bits per heavy atom. The molecule has 1 amide bonds. The number of rotatable bonds is 4. The molecule has 0 bridgehead atoms. The van der Waals surface area contributed by atoms with Gasteiger partial charge in [-0.3, -0.25) is 9.88 Å². The number of carbonyl (C=O) groups is 1. The Morgan fingerprint density at radius 1 is 1.25 bits per heavy atom. The number of carbonyl (C=O) groups excluding carboxylic acids is 1. The smallest absolute Gasteiger partial charge is 0.410 e. The number of pyridine rings is 1. The van der Waals surface area contributed by atoms with Gasteiger partial charge in [0.1, 0.15) is 11.4 Å². The fourth-order valence-corrected chi connectivity index (χ4v) is 5.36. The van der Waals surface area contributed by atoms with Gasteiger partial charge in [0.05, 0.1) is 47.8 Å². The SMILES string of the molecule is C[C@]1(Cn2cnc3ccc(C#N)cc32)CCC[C@@]2(CN(Cc3cc(F)ccn3)C(=O)O2)C1. The number of ether oxygens (including phenoxy) is 1. The highest BCUT2D eigenvalue weighted by Gasteiger charge is 2.51. The Morgan fingerprint density at radius 3 is 2.94 bits per heavy atom. The van der Waals surface area contributed by atoms with Gasteiger partial charge in [-0.1, -0.05) is 6.92 Å². The summed E-state index contributed by atoms with van der Waals surface area (Å²) in [6.07, 6.45) is 6.36. The van der Waals surface area contributed by atoms with Crippen molar-refractivity contribution in [1.29, 1.82) is 5.26 Å². The zero-order valence-electron chi connectivity index (χ0n) is 17.9. The molecule has 2 aliphatic rings. The molecule has 2 atom stereocenters. The van der Waals surface area contributed by atoms with E-state index in [9.17, 15) is 14.4 Å². The first-order chi connectivity index (χ1) is 15.4. The predicted octanol–water partition coefficient (Wildman–Crippen LogP) is 4.41. The number of amides is 1. The maximum atomic E-state index is 13.5. The minimum atomic E-state index is -0.550. The summed E-state index contributed by atoms with van der Waals surface area (Å²) >= 11 is 0. The van der Waals surface area contributed by atoms with Crippen LogP contribution in [0.25, 0.3) is 11.0 Å². The molecular formula is C24H24FN5O2. The van der Waals surface area contributed by atoms with E-state index >= 15 is 0 Å². The quantitative estimate of drug-likeness (QED) is 0.608. The maximum Gasteiger partial charge on any atom is 0.410 e. The van der Waals surface area contributed by atoms with Crippen LogP contribution in [-0.4, -0.2) is 37.7 Å². The molecule has 2 aromatic heterocycles. The van der Waals surface area contributed by atoms with Crippen LogP contribution in [0.15, 0.2) is 42.9 Å². The number of benzene rings is 1. The highest BCUT2D eigenvalue weighted by atomic mass is 19.1. The second-order valence-electron chi connectivity index (χ2n) is 9.40. The topological polar surface area (TPSA) is 84.0 Å². The van der Waals surface area contributed by atoms with Crippen molar-refractivity contribution in [2.24, 2.45) is 5.41 Å². The van der Waals surface area contributed by atoms with E-state index in [-0.39, 0.29) is 23.9 Å². The lowest BCUT2D eigenvalue weighted by atomic mass is 9.68. The third-order valence-corrected chi connectivity index (χ3v) is 6.64. The molecule has 1 aliphatic carbocycles. The molecular weight excluding hydrogens is 409 g/mol. The summed E-state index contributed by atoms with van der Waals surface area (Å²) in [7, 11) is 0. The molecule has 0 N–H and O–H groups in total. The van der Waals surface area contributed by atoms with Crippen molar-refractivity contribution in [3.63, 3.8) is 0 Å². The zero-order valence-corrected chi connectivity index (χ0v) is 17.9. The van der Waals surface area contributed by atoms with Crippen molar-refractivity contribution < 1.29 is 13.9 Å². The number of aromatic nitrogens is 3. The van der Waals surface area contributed by atoms with E-state index in [2.05, 4.69) is 27.5 Å². The number of hydrogen-bond acceptors (Lipinski definition) is 5. The molecule has 5 rings (SSSR count). The summed E-state index contributed by atoms with van der Waals surface area (Å²) in [6, 6.07) is 10.3. The van der Waals surface area contributed by atoms with Crippen molar-refractivity contribution in [2.75, 3.05) is 6.54 Å². The first kappa shape index (κ1) is 20.4. The molecule has 164 valence electrons. The molecule has 8 heteroatoms.